The van der Waals surface area contributed by atoms with Gasteiger partial charge in [-0.25, -0.2) is 0 Å². The lowest BCUT2D eigenvalue weighted by molar-refractivity contribution is 0.390. The number of nitrogens with two attached hydrogens (primary N) is 1. The van der Waals surface area contributed by atoms with Crippen molar-refractivity contribution in [2.45, 2.75) is 24.4 Å². The van der Waals surface area contributed by atoms with E-state index in [-0.39, 0.29) is 0 Å². The number of aryl methyl sites for hydroxylation is 1. The van der Waals surface area contributed by atoms with Crippen molar-refractivity contribution in [1.82, 2.24) is 24.9 Å². The standard InChI is InChI=1S/C8H12N6OS/c1-6-12-13-8(14(6)3-2-9)16-4-7-10-5-11-15-7/h5H,2-4,9H2,1H3. The minimum atomic E-state index is 0.562. The molecule has 2 N–H and O–H groups in total. The monoisotopic (exact) mass is 240 g/mol. The van der Waals surface area contributed by atoms with Gasteiger partial charge in [-0.3, -0.25) is 0 Å². The lowest BCUT2D eigenvalue weighted by Gasteiger charge is -2.04. The largest absolute Gasteiger partial charge is 0.339 e. The maximum absolute atomic E-state index is 5.52. The van der Waals surface area contributed by atoms with Crippen LogP contribution in [0.15, 0.2) is 16.0 Å². The maximum Gasteiger partial charge on any atom is 0.236 e. The van der Waals surface area contributed by atoms with E-state index in [0.717, 1.165) is 11.0 Å². The number of thioether (sulfide) groups is 1. The van der Waals surface area contributed by atoms with E-state index in [1.54, 1.807) is 0 Å². The summed E-state index contributed by atoms with van der Waals surface area (Å²) in [5.41, 5.74) is 5.52. The second-order valence-corrected chi connectivity index (χ2v) is 4.04. The molecule has 0 atom stereocenters. The molecule has 2 heterocycles. The molecule has 0 aliphatic carbocycles. The molecule has 2 rings (SSSR count). The van der Waals surface area contributed by atoms with Crippen LogP contribution in [0, 0.1) is 6.92 Å². The molecule has 7 nitrogen and oxygen atoms in total. The summed E-state index contributed by atoms with van der Waals surface area (Å²) in [7, 11) is 0. The quantitative estimate of drug-likeness (QED) is 0.747. The lowest BCUT2D eigenvalue weighted by atomic mass is 10.6. The molecule has 0 unspecified atom stereocenters. The summed E-state index contributed by atoms with van der Waals surface area (Å²) in [4.78, 5) is 3.93. The van der Waals surface area contributed by atoms with E-state index >= 15 is 0 Å². The summed E-state index contributed by atoms with van der Waals surface area (Å²) < 4.78 is 6.87. The van der Waals surface area contributed by atoms with Crippen LogP contribution in [0.4, 0.5) is 0 Å². The van der Waals surface area contributed by atoms with Crippen molar-refractivity contribution in [2.75, 3.05) is 6.54 Å². The molecular weight excluding hydrogens is 228 g/mol. The Morgan fingerprint density at radius 1 is 1.50 bits per heavy atom. The highest BCUT2D eigenvalue weighted by molar-refractivity contribution is 7.98. The fraction of sp³-hybridized carbons (Fsp3) is 0.500. The fourth-order valence-electron chi connectivity index (χ4n) is 1.24. The zero-order valence-electron chi connectivity index (χ0n) is 8.83. The average Bonchev–Trinajstić information content (AvgIpc) is 2.89. The van der Waals surface area contributed by atoms with Crippen LogP contribution in [-0.2, 0) is 12.3 Å². The second-order valence-electron chi connectivity index (χ2n) is 3.09. The molecule has 0 aliphatic heterocycles. The Morgan fingerprint density at radius 3 is 3.06 bits per heavy atom. The first-order chi connectivity index (χ1) is 7.81. The number of rotatable bonds is 5. The first-order valence-electron chi connectivity index (χ1n) is 4.79. The van der Waals surface area contributed by atoms with Gasteiger partial charge in [0.1, 0.15) is 5.82 Å². The van der Waals surface area contributed by atoms with E-state index in [4.69, 9.17) is 10.3 Å². The van der Waals surface area contributed by atoms with Gasteiger partial charge in [0.05, 0.1) is 5.75 Å². The third kappa shape index (κ3) is 2.39. The van der Waals surface area contributed by atoms with Crippen LogP contribution >= 0.6 is 11.8 Å². The third-order valence-corrected chi connectivity index (χ3v) is 2.94. The van der Waals surface area contributed by atoms with Crippen LogP contribution in [-0.4, -0.2) is 31.4 Å². The molecule has 0 spiro atoms. The predicted octanol–water partition coefficient (Wildman–Crippen LogP) is 0.221. The van der Waals surface area contributed by atoms with E-state index in [1.165, 1.54) is 18.1 Å². The molecule has 86 valence electrons. The van der Waals surface area contributed by atoms with Gasteiger partial charge in [-0.2, -0.15) is 4.98 Å². The molecule has 16 heavy (non-hydrogen) atoms. The zero-order valence-corrected chi connectivity index (χ0v) is 9.65. The van der Waals surface area contributed by atoms with Gasteiger partial charge in [0.25, 0.3) is 0 Å². The Labute approximate surface area is 96.4 Å². The zero-order chi connectivity index (χ0) is 11.4. The number of hydrogen-bond donors (Lipinski definition) is 1. The highest BCUT2D eigenvalue weighted by atomic mass is 32.2. The Bertz CT molecular complexity index is 439. The van der Waals surface area contributed by atoms with Crippen molar-refractivity contribution in [3.05, 3.63) is 18.0 Å². The molecule has 8 heteroatoms. The summed E-state index contributed by atoms with van der Waals surface area (Å²) in [6, 6.07) is 0. The van der Waals surface area contributed by atoms with Crippen LogP contribution in [0.3, 0.4) is 0 Å². The van der Waals surface area contributed by atoms with E-state index in [0.29, 0.717) is 24.7 Å². The third-order valence-electron chi connectivity index (χ3n) is 1.99. The highest BCUT2D eigenvalue weighted by Crippen LogP contribution is 2.20. The molecule has 2 aromatic heterocycles. The first kappa shape index (κ1) is 11.1. The van der Waals surface area contributed by atoms with Crippen molar-refractivity contribution >= 4 is 11.8 Å². The van der Waals surface area contributed by atoms with Gasteiger partial charge < -0.3 is 14.8 Å². The van der Waals surface area contributed by atoms with Gasteiger partial charge in [-0.15, -0.1) is 10.2 Å². The predicted molar refractivity (Wildman–Crippen MR) is 57.7 cm³/mol. The van der Waals surface area contributed by atoms with Crippen LogP contribution in [0.5, 0.6) is 0 Å². The van der Waals surface area contributed by atoms with Gasteiger partial charge >= 0.3 is 0 Å². The molecule has 0 aromatic carbocycles. The summed E-state index contributed by atoms with van der Waals surface area (Å²) in [5, 5.41) is 12.4. The van der Waals surface area contributed by atoms with Gasteiger partial charge in [0, 0.05) is 13.1 Å². The number of aromatic nitrogens is 5. The van der Waals surface area contributed by atoms with Crippen molar-refractivity contribution < 1.29 is 4.52 Å². The van der Waals surface area contributed by atoms with Crippen LogP contribution in [0.25, 0.3) is 0 Å². The van der Waals surface area contributed by atoms with Gasteiger partial charge in [0.15, 0.2) is 11.5 Å². The summed E-state index contributed by atoms with van der Waals surface area (Å²) >= 11 is 1.50. The van der Waals surface area contributed by atoms with E-state index in [9.17, 15) is 0 Å². The topological polar surface area (TPSA) is 95.6 Å². The van der Waals surface area contributed by atoms with E-state index in [2.05, 4.69) is 20.3 Å². The molecule has 0 aliphatic rings. The van der Waals surface area contributed by atoms with Gasteiger partial charge in [0.2, 0.25) is 5.89 Å². The van der Waals surface area contributed by atoms with Crippen LogP contribution < -0.4 is 5.73 Å². The van der Waals surface area contributed by atoms with Crippen molar-refractivity contribution in [3.8, 4) is 0 Å². The van der Waals surface area contributed by atoms with Gasteiger partial charge in [-0.1, -0.05) is 16.9 Å². The Hall–Kier alpha value is -1.41. The van der Waals surface area contributed by atoms with Crippen molar-refractivity contribution in [1.29, 1.82) is 0 Å². The highest BCUT2D eigenvalue weighted by Gasteiger charge is 2.10. The van der Waals surface area contributed by atoms with E-state index in [1.807, 2.05) is 11.5 Å². The Morgan fingerprint density at radius 2 is 2.38 bits per heavy atom. The molecule has 0 radical (unpaired) electrons. The van der Waals surface area contributed by atoms with Crippen LogP contribution in [0.1, 0.15) is 11.7 Å². The lowest BCUT2D eigenvalue weighted by Crippen LogP contribution is -2.12. The molecule has 0 saturated carbocycles. The molecule has 0 bridgehead atoms. The first-order valence-corrected chi connectivity index (χ1v) is 5.78. The molecule has 0 amide bonds. The second kappa shape index (κ2) is 5.08. The molecule has 2 aromatic rings. The van der Waals surface area contributed by atoms with E-state index < -0.39 is 0 Å². The number of hydrogen-bond acceptors (Lipinski definition) is 7. The number of nitrogens with zero attached hydrogens (tertiary/aromatic N) is 5. The minimum Gasteiger partial charge on any atom is -0.339 e. The molecule has 0 saturated heterocycles. The Balaban J connectivity index is 2.03. The summed E-state index contributed by atoms with van der Waals surface area (Å²) in [6.45, 7) is 3.18. The normalized spacial score (nSPS) is 10.9. The average molecular weight is 240 g/mol. The molecule has 0 fully saturated rings. The SMILES string of the molecule is Cc1nnc(SCc2ncno2)n1CCN. The maximum atomic E-state index is 5.52. The minimum absolute atomic E-state index is 0.562. The fourth-order valence-corrected chi connectivity index (χ4v) is 2.10. The molecular formula is C8H12N6OS. The van der Waals surface area contributed by atoms with Crippen molar-refractivity contribution in [3.63, 3.8) is 0 Å². The summed E-state index contributed by atoms with van der Waals surface area (Å²) in [5.74, 6) is 2.02. The summed E-state index contributed by atoms with van der Waals surface area (Å²) in [6.07, 6.45) is 1.38. The van der Waals surface area contributed by atoms with Gasteiger partial charge in [-0.05, 0) is 6.92 Å². The van der Waals surface area contributed by atoms with Crippen molar-refractivity contribution in [2.24, 2.45) is 5.73 Å². The Kier molecular flexibility index (Phi) is 3.52. The smallest absolute Gasteiger partial charge is 0.236 e. The van der Waals surface area contributed by atoms with Crippen LogP contribution in [0.2, 0.25) is 0 Å².